The van der Waals surface area contributed by atoms with Crippen molar-refractivity contribution >= 4 is 23.6 Å². The smallest absolute Gasteiger partial charge is 0.184 e. The molecule has 0 aliphatic carbocycles. The lowest BCUT2D eigenvalue weighted by Gasteiger charge is -2.00. The molecule has 6 heteroatoms. The monoisotopic (exact) mass is 250 g/mol. The minimum atomic E-state index is -0.344. The molecule has 1 aromatic heterocycles. The SMILES string of the molecule is Fc1ccccc1C=NNc1nccnc1Cl. The summed E-state index contributed by atoms with van der Waals surface area (Å²) in [5, 5.41) is 4.04. The third-order valence-corrected chi connectivity index (χ3v) is 2.21. The van der Waals surface area contributed by atoms with Crippen LogP contribution in [-0.2, 0) is 0 Å². The van der Waals surface area contributed by atoms with Gasteiger partial charge in [-0.3, -0.25) is 5.43 Å². The molecule has 0 atom stereocenters. The maximum absolute atomic E-state index is 13.2. The molecule has 2 rings (SSSR count). The van der Waals surface area contributed by atoms with E-state index in [2.05, 4.69) is 20.5 Å². The van der Waals surface area contributed by atoms with Gasteiger partial charge in [0.25, 0.3) is 0 Å². The van der Waals surface area contributed by atoms with Crippen molar-refractivity contribution in [1.82, 2.24) is 9.97 Å². The summed E-state index contributed by atoms with van der Waals surface area (Å²) in [6.07, 6.45) is 4.29. The molecule has 2 aromatic rings. The number of rotatable bonds is 3. The Kier molecular flexibility index (Phi) is 3.62. The van der Waals surface area contributed by atoms with Crippen LogP contribution in [0.1, 0.15) is 5.56 Å². The lowest BCUT2D eigenvalue weighted by atomic mass is 10.2. The number of benzene rings is 1. The zero-order valence-corrected chi connectivity index (χ0v) is 9.39. The topological polar surface area (TPSA) is 50.2 Å². The van der Waals surface area contributed by atoms with E-state index in [1.165, 1.54) is 24.7 Å². The maximum Gasteiger partial charge on any atom is 0.184 e. The second-order valence-corrected chi connectivity index (χ2v) is 3.45. The second kappa shape index (κ2) is 5.36. The van der Waals surface area contributed by atoms with Crippen molar-refractivity contribution in [3.8, 4) is 0 Å². The minimum Gasteiger partial charge on any atom is -0.259 e. The first kappa shape index (κ1) is 11.5. The van der Waals surface area contributed by atoms with Crippen molar-refractivity contribution in [2.75, 3.05) is 5.43 Å². The number of hydrazone groups is 1. The largest absolute Gasteiger partial charge is 0.259 e. The van der Waals surface area contributed by atoms with E-state index in [1.807, 2.05) is 0 Å². The predicted molar refractivity (Wildman–Crippen MR) is 64.7 cm³/mol. The highest BCUT2D eigenvalue weighted by Gasteiger charge is 1.99. The van der Waals surface area contributed by atoms with Crippen molar-refractivity contribution in [3.05, 3.63) is 53.2 Å². The maximum atomic E-state index is 13.2. The van der Waals surface area contributed by atoms with Gasteiger partial charge in [-0.05, 0) is 6.07 Å². The summed E-state index contributed by atoms with van der Waals surface area (Å²) in [6, 6.07) is 6.30. The highest BCUT2D eigenvalue weighted by atomic mass is 35.5. The molecule has 0 bridgehead atoms. The Balaban J connectivity index is 2.09. The fourth-order valence-electron chi connectivity index (χ4n) is 1.14. The molecule has 0 fully saturated rings. The van der Waals surface area contributed by atoms with Crippen molar-refractivity contribution in [1.29, 1.82) is 0 Å². The van der Waals surface area contributed by atoms with E-state index in [4.69, 9.17) is 11.6 Å². The highest BCUT2D eigenvalue weighted by molar-refractivity contribution is 6.31. The Hall–Kier alpha value is -2.01. The lowest BCUT2D eigenvalue weighted by Crippen LogP contribution is -1.96. The number of anilines is 1. The Bertz CT molecular complexity index is 544. The number of aromatic nitrogens is 2. The second-order valence-electron chi connectivity index (χ2n) is 3.09. The van der Waals surface area contributed by atoms with Gasteiger partial charge in [0.1, 0.15) is 5.82 Å². The molecule has 86 valence electrons. The Labute approximate surface area is 102 Å². The van der Waals surface area contributed by atoms with Gasteiger partial charge in [-0.1, -0.05) is 29.8 Å². The number of nitrogens with zero attached hydrogens (tertiary/aromatic N) is 3. The van der Waals surface area contributed by atoms with E-state index in [0.717, 1.165) is 0 Å². The van der Waals surface area contributed by atoms with Crippen LogP contribution in [0.2, 0.25) is 5.15 Å². The van der Waals surface area contributed by atoms with Crippen LogP contribution in [0.5, 0.6) is 0 Å². The standard InChI is InChI=1S/C11H8ClFN4/c12-10-11(15-6-5-14-10)17-16-7-8-3-1-2-4-9(8)13/h1-7H,(H,15,17). The van der Waals surface area contributed by atoms with Crippen LogP contribution in [0, 0.1) is 5.82 Å². The van der Waals surface area contributed by atoms with Gasteiger partial charge < -0.3 is 0 Å². The molecule has 0 aliphatic heterocycles. The van der Waals surface area contributed by atoms with E-state index in [1.54, 1.807) is 18.2 Å². The van der Waals surface area contributed by atoms with Gasteiger partial charge in [-0.25, -0.2) is 14.4 Å². The van der Waals surface area contributed by atoms with Gasteiger partial charge in [0.05, 0.1) is 6.21 Å². The molecule has 0 radical (unpaired) electrons. The van der Waals surface area contributed by atoms with Crippen molar-refractivity contribution < 1.29 is 4.39 Å². The summed E-state index contributed by atoms with van der Waals surface area (Å²) < 4.78 is 13.2. The average Bonchev–Trinajstić information content (AvgIpc) is 2.34. The molecule has 0 unspecified atom stereocenters. The van der Waals surface area contributed by atoms with Crippen LogP contribution < -0.4 is 5.43 Å². The zero-order valence-electron chi connectivity index (χ0n) is 8.64. The van der Waals surface area contributed by atoms with Gasteiger partial charge in [0, 0.05) is 18.0 Å². The van der Waals surface area contributed by atoms with Crippen LogP contribution in [0.15, 0.2) is 41.8 Å². The lowest BCUT2D eigenvalue weighted by molar-refractivity contribution is 0.626. The van der Waals surface area contributed by atoms with Gasteiger partial charge in [0.2, 0.25) is 0 Å². The summed E-state index contributed by atoms with van der Waals surface area (Å²) >= 11 is 5.75. The summed E-state index contributed by atoms with van der Waals surface area (Å²) in [4.78, 5) is 7.73. The van der Waals surface area contributed by atoms with Crippen LogP contribution in [-0.4, -0.2) is 16.2 Å². The van der Waals surface area contributed by atoms with Gasteiger partial charge in [-0.2, -0.15) is 5.10 Å². The normalized spacial score (nSPS) is 10.7. The molecule has 1 N–H and O–H groups in total. The number of nitrogens with one attached hydrogen (secondary N) is 1. The van der Waals surface area contributed by atoms with Crippen LogP contribution in [0.4, 0.5) is 10.2 Å². The van der Waals surface area contributed by atoms with Gasteiger partial charge in [-0.15, -0.1) is 0 Å². The third kappa shape index (κ3) is 2.98. The molecular formula is C11H8ClFN4. The van der Waals surface area contributed by atoms with Crippen molar-refractivity contribution in [3.63, 3.8) is 0 Å². The van der Waals surface area contributed by atoms with Crippen LogP contribution in [0.25, 0.3) is 0 Å². The predicted octanol–water partition coefficient (Wildman–Crippen LogP) is 2.72. The quantitative estimate of drug-likeness (QED) is 0.673. The first-order valence-electron chi connectivity index (χ1n) is 4.77. The van der Waals surface area contributed by atoms with E-state index in [9.17, 15) is 4.39 Å². The zero-order chi connectivity index (χ0) is 12.1. The Morgan fingerprint density at radius 3 is 2.76 bits per heavy atom. The molecule has 0 aliphatic rings. The number of hydrogen-bond acceptors (Lipinski definition) is 4. The molecule has 0 spiro atoms. The number of halogens is 2. The van der Waals surface area contributed by atoms with E-state index in [0.29, 0.717) is 11.4 Å². The molecular weight excluding hydrogens is 243 g/mol. The molecule has 1 aromatic carbocycles. The molecule has 17 heavy (non-hydrogen) atoms. The summed E-state index contributed by atoms with van der Waals surface area (Å²) in [5.74, 6) is -0.0231. The fraction of sp³-hybridized carbons (Fsp3) is 0. The Morgan fingerprint density at radius 2 is 2.00 bits per heavy atom. The molecule has 0 saturated heterocycles. The third-order valence-electron chi connectivity index (χ3n) is 1.93. The van der Waals surface area contributed by atoms with Crippen molar-refractivity contribution in [2.45, 2.75) is 0 Å². The van der Waals surface area contributed by atoms with Gasteiger partial charge >= 0.3 is 0 Å². The van der Waals surface area contributed by atoms with E-state index in [-0.39, 0.29) is 11.0 Å². The molecule has 0 amide bonds. The molecule has 4 nitrogen and oxygen atoms in total. The van der Waals surface area contributed by atoms with Crippen molar-refractivity contribution in [2.24, 2.45) is 5.10 Å². The summed E-state index contributed by atoms with van der Waals surface area (Å²) in [6.45, 7) is 0. The van der Waals surface area contributed by atoms with Gasteiger partial charge in [0.15, 0.2) is 11.0 Å². The summed E-state index contributed by atoms with van der Waals surface area (Å²) in [5.41, 5.74) is 2.96. The van der Waals surface area contributed by atoms with Crippen LogP contribution >= 0.6 is 11.6 Å². The van der Waals surface area contributed by atoms with Crippen LogP contribution in [0.3, 0.4) is 0 Å². The first-order valence-corrected chi connectivity index (χ1v) is 5.15. The molecule has 0 saturated carbocycles. The average molecular weight is 251 g/mol. The van der Waals surface area contributed by atoms with E-state index < -0.39 is 0 Å². The molecule has 1 heterocycles. The fourth-order valence-corrected chi connectivity index (χ4v) is 1.29. The minimum absolute atomic E-state index is 0.207. The Morgan fingerprint density at radius 1 is 1.24 bits per heavy atom. The highest BCUT2D eigenvalue weighted by Crippen LogP contribution is 2.13. The van der Waals surface area contributed by atoms with E-state index >= 15 is 0 Å². The summed E-state index contributed by atoms with van der Waals surface area (Å²) in [7, 11) is 0. The first-order chi connectivity index (χ1) is 8.27. The number of hydrogen-bond donors (Lipinski definition) is 1.